The highest BCUT2D eigenvalue weighted by molar-refractivity contribution is 5.81. The molecule has 0 atom stereocenters. The molecule has 0 saturated carbocycles. The maximum Gasteiger partial charge on any atom is 0.135 e. The molecule has 0 radical (unpaired) electrons. The molecule has 0 spiro atoms. The smallest absolute Gasteiger partial charge is 0.135 e. The number of methoxy groups -OCH3 is 3. The van der Waals surface area contributed by atoms with E-state index >= 15 is 0 Å². The molecule has 0 bridgehead atoms. The zero-order valence-electron chi connectivity index (χ0n) is 12.7. The van der Waals surface area contributed by atoms with Crippen molar-refractivity contribution >= 4 is 11.0 Å². The maximum atomic E-state index is 5.47. The molecular weight excluding hydrogens is 280 g/mol. The van der Waals surface area contributed by atoms with E-state index in [9.17, 15) is 0 Å². The number of benzene rings is 2. The van der Waals surface area contributed by atoms with Crippen molar-refractivity contribution in [2.45, 2.75) is 0 Å². The van der Waals surface area contributed by atoms with Gasteiger partial charge < -0.3 is 14.2 Å². The van der Waals surface area contributed by atoms with Gasteiger partial charge in [0.15, 0.2) is 0 Å². The van der Waals surface area contributed by atoms with Crippen LogP contribution in [0.4, 0.5) is 0 Å². The Bertz CT molecular complexity index is 793. The second-order valence-electron chi connectivity index (χ2n) is 4.65. The minimum Gasteiger partial charge on any atom is -0.496 e. The first-order valence-corrected chi connectivity index (χ1v) is 6.79. The first kappa shape index (κ1) is 14.1. The Balaban J connectivity index is 2.24. The van der Waals surface area contributed by atoms with Crippen LogP contribution in [0.2, 0.25) is 0 Å². The van der Waals surface area contributed by atoms with Gasteiger partial charge in [-0.3, -0.25) is 4.98 Å². The molecule has 0 amide bonds. The fourth-order valence-corrected chi connectivity index (χ4v) is 2.34. The van der Waals surface area contributed by atoms with Gasteiger partial charge in [-0.25, -0.2) is 4.98 Å². The second kappa shape index (κ2) is 5.89. The van der Waals surface area contributed by atoms with Crippen LogP contribution in [0.25, 0.3) is 22.3 Å². The molecule has 1 aromatic heterocycles. The summed E-state index contributed by atoms with van der Waals surface area (Å²) in [5.74, 6) is 1.91. The van der Waals surface area contributed by atoms with Crippen molar-refractivity contribution in [2.24, 2.45) is 0 Å². The predicted molar refractivity (Wildman–Crippen MR) is 84.6 cm³/mol. The van der Waals surface area contributed by atoms with Crippen molar-refractivity contribution in [1.29, 1.82) is 0 Å². The van der Waals surface area contributed by atoms with Crippen LogP contribution in [-0.4, -0.2) is 31.3 Å². The number of fused-ring (bicyclic) bond motifs is 1. The van der Waals surface area contributed by atoms with Crippen LogP contribution in [0.1, 0.15) is 0 Å². The third kappa shape index (κ3) is 2.41. The van der Waals surface area contributed by atoms with Gasteiger partial charge in [0, 0.05) is 12.1 Å². The van der Waals surface area contributed by atoms with E-state index < -0.39 is 0 Å². The summed E-state index contributed by atoms with van der Waals surface area (Å²) in [5, 5.41) is 0. The average Bonchev–Trinajstić information content (AvgIpc) is 2.59. The van der Waals surface area contributed by atoms with E-state index in [4.69, 9.17) is 14.2 Å². The highest BCUT2D eigenvalue weighted by Crippen LogP contribution is 2.40. The fourth-order valence-electron chi connectivity index (χ4n) is 2.34. The van der Waals surface area contributed by atoms with E-state index in [0.717, 1.165) is 16.6 Å². The van der Waals surface area contributed by atoms with Crippen molar-refractivity contribution in [3.05, 3.63) is 42.6 Å². The molecular formula is C17H16N2O3. The van der Waals surface area contributed by atoms with Gasteiger partial charge in [0.25, 0.3) is 0 Å². The first-order chi connectivity index (χ1) is 10.8. The van der Waals surface area contributed by atoms with E-state index in [1.165, 1.54) is 0 Å². The molecule has 0 saturated heterocycles. The van der Waals surface area contributed by atoms with Crippen LogP contribution in [0.15, 0.2) is 42.6 Å². The molecule has 2 aromatic carbocycles. The highest BCUT2D eigenvalue weighted by Gasteiger charge is 2.17. The van der Waals surface area contributed by atoms with Gasteiger partial charge in [-0.05, 0) is 12.1 Å². The lowest BCUT2D eigenvalue weighted by molar-refractivity contribution is 0.377. The van der Waals surface area contributed by atoms with Crippen molar-refractivity contribution < 1.29 is 14.2 Å². The van der Waals surface area contributed by atoms with Crippen molar-refractivity contribution in [3.8, 4) is 28.5 Å². The summed E-state index contributed by atoms with van der Waals surface area (Å²) in [6.45, 7) is 0. The Morgan fingerprint density at radius 3 is 2.05 bits per heavy atom. The molecule has 112 valence electrons. The van der Waals surface area contributed by atoms with E-state index in [1.54, 1.807) is 39.7 Å². The van der Waals surface area contributed by atoms with Gasteiger partial charge in [-0.2, -0.15) is 0 Å². The molecule has 0 fully saturated rings. The summed E-state index contributed by atoms with van der Waals surface area (Å²) in [5.41, 5.74) is 3.11. The SMILES string of the molecule is COc1cc(OC)c(-c2cnc3ccccc3n2)c(OC)c1. The third-order valence-electron chi connectivity index (χ3n) is 3.42. The number of aromatic nitrogens is 2. The average molecular weight is 296 g/mol. The Labute approximate surface area is 128 Å². The Hall–Kier alpha value is -2.82. The summed E-state index contributed by atoms with van der Waals surface area (Å²) in [6.07, 6.45) is 1.72. The van der Waals surface area contributed by atoms with Crippen LogP contribution < -0.4 is 14.2 Å². The highest BCUT2D eigenvalue weighted by atomic mass is 16.5. The van der Waals surface area contributed by atoms with E-state index in [2.05, 4.69) is 9.97 Å². The van der Waals surface area contributed by atoms with E-state index in [0.29, 0.717) is 22.9 Å². The molecule has 5 nitrogen and oxygen atoms in total. The quantitative estimate of drug-likeness (QED) is 0.739. The van der Waals surface area contributed by atoms with Crippen LogP contribution in [-0.2, 0) is 0 Å². The van der Waals surface area contributed by atoms with Crippen LogP contribution in [0.5, 0.6) is 17.2 Å². The summed E-state index contributed by atoms with van der Waals surface area (Å²) in [6, 6.07) is 11.3. The largest absolute Gasteiger partial charge is 0.496 e. The number of nitrogens with zero attached hydrogens (tertiary/aromatic N) is 2. The summed E-state index contributed by atoms with van der Waals surface area (Å²) in [4.78, 5) is 9.10. The molecule has 22 heavy (non-hydrogen) atoms. The van der Waals surface area contributed by atoms with Crippen LogP contribution in [0.3, 0.4) is 0 Å². The fraction of sp³-hybridized carbons (Fsp3) is 0.176. The zero-order chi connectivity index (χ0) is 15.5. The standard InChI is InChI=1S/C17H16N2O3/c1-20-11-8-15(21-2)17(16(9-11)22-3)14-10-18-12-6-4-5-7-13(12)19-14/h4-10H,1-3H3. The predicted octanol–water partition coefficient (Wildman–Crippen LogP) is 3.32. The second-order valence-corrected chi connectivity index (χ2v) is 4.65. The normalized spacial score (nSPS) is 10.5. The Morgan fingerprint density at radius 1 is 0.818 bits per heavy atom. The summed E-state index contributed by atoms with van der Waals surface area (Å²) >= 11 is 0. The van der Waals surface area contributed by atoms with Crippen LogP contribution in [0, 0.1) is 0 Å². The molecule has 3 aromatic rings. The van der Waals surface area contributed by atoms with Gasteiger partial charge in [0.05, 0.1) is 49.8 Å². The Morgan fingerprint density at radius 2 is 1.45 bits per heavy atom. The summed E-state index contributed by atoms with van der Waals surface area (Å²) in [7, 11) is 4.81. The van der Waals surface area contributed by atoms with Crippen LogP contribution >= 0.6 is 0 Å². The monoisotopic (exact) mass is 296 g/mol. The lowest BCUT2D eigenvalue weighted by Gasteiger charge is -2.14. The van der Waals surface area contributed by atoms with Gasteiger partial charge in [0.2, 0.25) is 0 Å². The molecule has 0 unspecified atom stereocenters. The molecule has 0 N–H and O–H groups in total. The first-order valence-electron chi connectivity index (χ1n) is 6.79. The minimum atomic E-state index is 0.626. The lowest BCUT2D eigenvalue weighted by Crippen LogP contribution is -1.97. The van der Waals surface area contributed by atoms with Gasteiger partial charge in [-0.15, -0.1) is 0 Å². The number of ether oxygens (including phenoxy) is 3. The van der Waals surface area contributed by atoms with Gasteiger partial charge >= 0.3 is 0 Å². The molecule has 5 heteroatoms. The van der Waals surface area contributed by atoms with Crippen molar-refractivity contribution in [2.75, 3.05) is 21.3 Å². The Kier molecular flexibility index (Phi) is 3.78. The maximum absolute atomic E-state index is 5.47. The number of hydrogen-bond acceptors (Lipinski definition) is 5. The molecule has 3 rings (SSSR count). The zero-order valence-corrected chi connectivity index (χ0v) is 12.7. The molecule has 1 heterocycles. The van der Waals surface area contributed by atoms with E-state index in [-0.39, 0.29) is 0 Å². The van der Waals surface area contributed by atoms with Crippen molar-refractivity contribution in [3.63, 3.8) is 0 Å². The molecule has 0 aliphatic rings. The number of para-hydroxylation sites is 2. The third-order valence-corrected chi connectivity index (χ3v) is 3.42. The van der Waals surface area contributed by atoms with E-state index in [1.807, 2.05) is 24.3 Å². The lowest BCUT2D eigenvalue weighted by atomic mass is 10.1. The van der Waals surface area contributed by atoms with Gasteiger partial charge in [0.1, 0.15) is 17.2 Å². The molecule has 0 aliphatic heterocycles. The summed E-state index contributed by atoms with van der Waals surface area (Å²) < 4.78 is 16.2. The topological polar surface area (TPSA) is 53.5 Å². The number of hydrogen-bond donors (Lipinski definition) is 0. The molecule has 0 aliphatic carbocycles. The van der Waals surface area contributed by atoms with Crippen molar-refractivity contribution in [1.82, 2.24) is 9.97 Å². The van der Waals surface area contributed by atoms with Gasteiger partial charge in [-0.1, -0.05) is 12.1 Å². The number of rotatable bonds is 4. The minimum absolute atomic E-state index is 0.626.